The molecule has 1 aliphatic rings. The molecule has 0 aromatic heterocycles. The molecule has 0 aromatic carbocycles. The van der Waals surface area contributed by atoms with Crippen molar-refractivity contribution in [1.29, 1.82) is 0 Å². The summed E-state index contributed by atoms with van der Waals surface area (Å²) in [5, 5.41) is 9.79. The zero-order valence-electron chi connectivity index (χ0n) is 7.75. The van der Waals surface area contributed by atoms with Gasteiger partial charge >= 0.3 is 0 Å². The maximum Gasteiger partial charge on any atom is 0.0841 e. The predicted octanol–water partition coefficient (Wildman–Crippen LogP) is 0.513. The van der Waals surface area contributed by atoms with E-state index in [2.05, 4.69) is 0 Å². The fourth-order valence-corrected chi connectivity index (χ4v) is 2.09. The van der Waals surface area contributed by atoms with Crippen LogP contribution in [0.5, 0.6) is 0 Å². The lowest BCUT2D eigenvalue weighted by atomic mass is 9.81. The lowest BCUT2D eigenvalue weighted by molar-refractivity contribution is -0.0224. The van der Waals surface area contributed by atoms with E-state index in [-0.39, 0.29) is 11.5 Å². The van der Waals surface area contributed by atoms with Gasteiger partial charge in [-0.2, -0.15) is 0 Å². The minimum absolute atomic E-state index is 0.0456. The van der Waals surface area contributed by atoms with Crippen LogP contribution in [-0.4, -0.2) is 31.5 Å². The molecule has 3 heteroatoms. The number of nitrogens with two attached hydrogens (primary N) is 1. The Morgan fingerprint density at radius 1 is 1.50 bits per heavy atom. The Hall–Kier alpha value is -0.120. The summed E-state index contributed by atoms with van der Waals surface area (Å²) in [5.74, 6) is 0. The zero-order valence-corrected chi connectivity index (χ0v) is 7.75. The van der Waals surface area contributed by atoms with Crippen molar-refractivity contribution in [2.24, 2.45) is 11.1 Å². The Morgan fingerprint density at radius 3 is 2.50 bits per heavy atom. The number of hydrogen-bond donors (Lipinski definition) is 2. The van der Waals surface area contributed by atoms with E-state index >= 15 is 0 Å². The van der Waals surface area contributed by atoms with Crippen LogP contribution in [0.3, 0.4) is 0 Å². The Kier molecular flexibility index (Phi) is 3.50. The van der Waals surface area contributed by atoms with Crippen LogP contribution in [-0.2, 0) is 4.74 Å². The van der Waals surface area contributed by atoms with Crippen molar-refractivity contribution < 1.29 is 9.84 Å². The molecule has 0 bridgehead atoms. The SMILES string of the molecule is COCC(O)C1(CN)CCCC1. The second-order valence-electron chi connectivity index (χ2n) is 3.74. The maximum atomic E-state index is 9.79. The van der Waals surface area contributed by atoms with E-state index in [9.17, 15) is 5.11 Å². The average molecular weight is 173 g/mol. The third kappa shape index (κ3) is 1.79. The second-order valence-corrected chi connectivity index (χ2v) is 3.74. The van der Waals surface area contributed by atoms with Crippen LogP contribution in [0.25, 0.3) is 0 Å². The zero-order chi connectivity index (χ0) is 9.03. The number of ether oxygens (including phenoxy) is 1. The molecule has 1 fully saturated rings. The number of hydrogen-bond acceptors (Lipinski definition) is 3. The van der Waals surface area contributed by atoms with E-state index in [1.165, 1.54) is 12.8 Å². The fraction of sp³-hybridized carbons (Fsp3) is 1.00. The Morgan fingerprint density at radius 2 is 2.08 bits per heavy atom. The van der Waals surface area contributed by atoms with Gasteiger partial charge in [0, 0.05) is 19.1 Å². The summed E-state index contributed by atoms with van der Waals surface area (Å²) >= 11 is 0. The summed E-state index contributed by atoms with van der Waals surface area (Å²) in [6.07, 6.45) is 4.10. The second kappa shape index (κ2) is 4.21. The molecule has 1 atom stereocenters. The Balaban J connectivity index is 2.52. The highest BCUT2D eigenvalue weighted by atomic mass is 16.5. The molecule has 3 N–H and O–H groups in total. The van der Waals surface area contributed by atoms with Crippen LogP contribution in [0, 0.1) is 5.41 Å². The summed E-state index contributed by atoms with van der Waals surface area (Å²) < 4.78 is 4.94. The third-order valence-electron chi connectivity index (χ3n) is 3.04. The van der Waals surface area contributed by atoms with Gasteiger partial charge in [0.05, 0.1) is 12.7 Å². The molecule has 0 radical (unpaired) electrons. The van der Waals surface area contributed by atoms with Gasteiger partial charge in [0.2, 0.25) is 0 Å². The van der Waals surface area contributed by atoms with Crippen LogP contribution in [0.1, 0.15) is 25.7 Å². The molecule has 1 unspecified atom stereocenters. The van der Waals surface area contributed by atoms with Crippen molar-refractivity contribution in [3.05, 3.63) is 0 Å². The maximum absolute atomic E-state index is 9.79. The van der Waals surface area contributed by atoms with Crippen molar-refractivity contribution >= 4 is 0 Å². The van der Waals surface area contributed by atoms with Crippen molar-refractivity contribution in [2.75, 3.05) is 20.3 Å². The van der Waals surface area contributed by atoms with Gasteiger partial charge in [-0.25, -0.2) is 0 Å². The molecule has 0 saturated heterocycles. The van der Waals surface area contributed by atoms with Gasteiger partial charge < -0.3 is 15.6 Å². The number of aliphatic hydroxyl groups excluding tert-OH is 1. The molecule has 1 rings (SSSR count). The van der Waals surface area contributed by atoms with Crippen LogP contribution in [0.4, 0.5) is 0 Å². The highest BCUT2D eigenvalue weighted by Crippen LogP contribution is 2.40. The molecule has 0 spiro atoms. The highest BCUT2D eigenvalue weighted by Gasteiger charge is 2.39. The van der Waals surface area contributed by atoms with E-state index in [4.69, 9.17) is 10.5 Å². The molecule has 3 nitrogen and oxygen atoms in total. The number of methoxy groups -OCH3 is 1. The summed E-state index contributed by atoms with van der Waals surface area (Å²) in [4.78, 5) is 0. The van der Waals surface area contributed by atoms with Gasteiger partial charge in [-0.05, 0) is 12.8 Å². The molecule has 1 saturated carbocycles. The highest BCUT2D eigenvalue weighted by molar-refractivity contribution is 4.91. The molecule has 0 amide bonds. The van der Waals surface area contributed by atoms with Crippen LogP contribution < -0.4 is 5.73 Å². The third-order valence-corrected chi connectivity index (χ3v) is 3.04. The van der Waals surface area contributed by atoms with Gasteiger partial charge in [0.15, 0.2) is 0 Å². The molecule has 72 valence electrons. The van der Waals surface area contributed by atoms with E-state index in [1.54, 1.807) is 7.11 Å². The first-order valence-electron chi connectivity index (χ1n) is 4.62. The first-order chi connectivity index (χ1) is 5.75. The first-order valence-corrected chi connectivity index (χ1v) is 4.62. The van der Waals surface area contributed by atoms with Crippen LogP contribution in [0.2, 0.25) is 0 Å². The van der Waals surface area contributed by atoms with Gasteiger partial charge in [0.25, 0.3) is 0 Å². The molecule has 0 heterocycles. The first kappa shape index (κ1) is 9.96. The van der Waals surface area contributed by atoms with Crippen molar-refractivity contribution in [3.63, 3.8) is 0 Å². The molecule has 1 aliphatic carbocycles. The fourth-order valence-electron chi connectivity index (χ4n) is 2.09. The van der Waals surface area contributed by atoms with Gasteiger partial charge in [-0.3, -0.25) is 0 Å². The lowest BCUT2D eigenvalue weighted by Gasteiger charge is -2.32. The van der Waals surface area contributed by atoms with E-state index < -0.39 is 0 Å². The van der Waals surface area contributed by atoms with Crippen molar-refractivity contribution in [2.45, 2.75) is 31.8 Å². The Labute approximate surface area is 73.9 Å². The van der Waals surface area contributed by atoms with Crippen LogP contribution in [0.15, 0.2) is 0 Å². The molecular weight excluding hydrogens is 154 g/mol. The van der Waals surface area contributed by atoms with Crippen molar-refractivity contribution in [3.8, 4) is 0 Å². The van der Waals surface area contributed by atoms with Gasteiger partial charge in [-0.1, -0.05) is 12.8 Å². The normalized spacial score (nSPS) is 24.2. The summed E-state index contributed by atoms with van der Waals surface area (Å²) in [6, 6.07) is 0. The van der Waals surface area contributed by atoms with Crippen LogP contribution >= 0.6 is 0 Å². The molecule has 0 aromatic rings. The average Bonchev–Trinajstić information content (AvgIpc) is 2.54. The smallest absolute Gasteiger partial charge is 0.0841 e. The Bertz CT molecular complexity index is 132. The monoisotopic (exact) mass is 173 g/mol. The standard InChI is InChI=1S/C9H19NO2/c1-12-6-8(11)9(7-10)4-2-3-5-9/h8,11H,2-7,10H2,1H3. The van der Waals surface area contributed by atoms with E-state index in [0.29, 0.717) is 13.2 Å². The lowest BCUT2D eigenvalue weighted by Crippen LogP contribution is -2.42. The summed E-state index contributed by atoms with van der Waals surface area (Å²) in [7, 11) is 1.61. The minimum atomic E-state index is -0.380. The molecule has 0 aliphatic heterocycles. The summed E-state index contributed by atoms with van der Waals surface area (Å²) in [5.41, 5.74) is 5.64. The number of rotatable bonds is 4. The van der Waals surface area contributed by atoms with Gasteiger partial charge in [-0.15, -0.1) is 0 Å². The minimum Gasteiger partial charge on any atom is -0.390 e. The predicted molar refractivity (Wildman–Crippen MR) is 47.8 cm³/mol. The van der Waals surface area contributed by atoms with Crippen molar-refractivity contribution in [1.82, 2.24) is 0 Å². The topological polar surface area (TPSA) is 55.5 Å². The summed E-state index contributed by atoms with van der Waals surface area (Å²) in [6.45, 7) is 0.995. The molecular formula is C9H19NO2. The van der Waals surface area contributed by atoms with Gasteiger partial charge in [0.1, 0.15) is 0 Å². The number of aliphatic hydroxyl groups is 1. The quantitative estimate of drug-likeness (QED) is 0.651. The molecule has 12 heavy (non-hydrogen) atoms. The largest absolute Gasteiger partial charge is 0.390 e. The van der Waals surface area contributed by atoms with E-state index in [1.807, 2.05) is 0 Å². The van der Waals surface area contributed by atoms with E-state index in [0.717, 1.165) is 12.8 Å².